The number of hydrogen-bond acceptors (Lipinski definition) is 3. The van der Waals surface area contributed by atoms with Gasteiger partial charge in [0.2, 0.25) is 0 Å². The van der Waals surface area contributed by atoms with E-state index in [9.17, 15) is 5.11 Å². The number of rotatable bonds is 1. The number of nitrogens with zero attached hydrogens (tertiary/aromatic N) is 1. The number of ether oxygens (including phenoxy) is 1. The molecule has 90 valence electrons. The summed E-state index contributed by atoms with van der Waals surface area (Å²) in [6.45, 7) is 1.77. The number of hydrogen-bond donors (Lipinski definition) is 1. The second-order valence-corrected chi connectivity index (χ2v) is 4.28. The number of aliphatic imine (C=N–C) groups is 1. The van der Waals surface area contributed by atoms with E-state index in [4.69, 9.17) is 4.74 Å². The fraction of sp³-hybridized carbons (Fsp3) is 0.133. The van der Waals surface area contributed by atoms with Crippen molar-refractivity contribution in [2.45, 2.75) is 12.7 Å². The molecule has 18 heavy (non-hydrogen) atoms. The first-order chi connectivity index (χ1) is 8.70. The highest BCUT2D eigenvalue weighted by Gasteiger charge is 2.38. The molecule has 3 nitrogen and oxygen atoms in total. The second kappa shape index (κ2) is 3.96. The Hall–Kier alpha value is -2.13. The van der Waals surface area contributed by atoms with E-state index >= 15 is 0 Å². The van der Waals surface area contributed by atoms with Crippen LogP contribution in [0.5, 0.6) is 5.75 Å². The topological polar surface area (TPSA) is 41.8 Å². The van der Waals surface area contributed by atoms with Gasteiger partial charge in [0, 0.05) is 5.56 Å². The third-order valence-corrected chi connectivity index (χ3v) is 3.07. The summed E-state index contributed by atoms with van der Waals surface area (Å²) in [5.74, 6) is -0.884. The zero-order valence-electron chi connectivity index (χ0n) is 10.00. The summed E-state index contributed by atoms with van der Waals surface area (Å²) in [4.78, 5) is 4.42. The molecule has 0 saturated carbocycles. The predicted octanol–water partition coefficient (Wildman–Crippen LogP) is 3.02. The van der Waals surface area contributed by atoms with Gasteiger partial charge < -0.3 is 9.84 Å². The van der Waals surface area contributed by atoms with Crippen LogP contribution in [-0.2, 0) is 5.79 Å². The molecule has 3 heteroatoms. The van der Waals surface area contributed by atoms with E-state index in [2.05, 4.69) is 4.99 Å². The number of para-hydroxylation sites is 2. The fourth-order valence-electron chi connectivity index (χ4n) is 2.06. The van der Waals surface area contributed by atoms with Crippen LogP contribution >= 0.6 is 0 Å². The third-order valence-electron chi connectivity index (χ3n) is 3.07. The highest BCUT2D eigenvalue weighted by atomic mass is 16.6. The van der Waals surface area contributed by atoms with Gasteiger partial charge in [-0.15, -0.1) is 0 Å². The van der Waals surface area contributed by atoms with Crippen LogP contribution in [0.25, 0.3) is 0 Å². The highest BCUT2D eigenvalue weighted by Crippen LogP contribution is 2.39. The van der Waals surface area contributed by atoms with Crippen molar-refractivity contribution in [3.8, 4) is 5.75 Å². The van der Waals surface area contributed by atoms with E-state index in [1.54, 1.807) is 13.0 Å². The van der Waals surface area contributed by atoms with Crippen LogP contribution in [-0.4, -0.2) is 10.8 Å². The summed E-state index contributed by atoms with van der Waals surface area (Å²) < 4.78 is 5.74. The maximum absolute atomic E-state index is 10.7. The van der Waals surface area contributed by atoms with Crippen LogP contribution in [0.2, 0.25) is 0 Å². The van der Waals surface area contributed by atoms with E-state index in [-0.39, 0.29) is 0 Å². The first-order valence-electron chi connectivity index (χ1n) is 5.82. The minimum absolute atomic E-state index is 0.535. The maximum Gasteiger partial charge on any atom is 0.274 e. The monoisotopic (exact) mass is 239 g/mol. The zero-order valence-corrected chi connectivity index (χ0v) is 10.00. The van der Waals surface area contributed by atoms with Crippen molar-refractivity contribution in [1.29, 1.82) is 0 Å². The standard InChI is InChI=1S/C15H13NO2/c1-11-15(17,12-7-3-2-4-8-12)18-14-10-6-5-9-13(14)16-11/h2-10,17H,1H3. The molecule has 0 saturated heterocycles. The Balaban J connectivity index is 2.12. The Morgan fingerprint density at radius 2 is 1.67 bits per heavy atom. The average molecular weight is 239 g/mol. The quantitative estimate of drug-likeness (QED) is 0.831. The molecule has 1 N–H and O–H groups in total. The van der Waals surface area contributed by atoms with Crippen molar-refractivity contribution in [3.63, 3.8) is 0 Å². The highest BCUT2D eigenvalue weighted by molar-refractivity contribution is 5.94. The normalized spacial score (nSPS) is 21.8. The smallest absolute Gasteiger partial charge is 0.274 e. The molecule has 0 fully saturated rings. The van der Waals surface area contributed by atoms with E-state index < -0.39 is 5.79 Å². The van der Waals surface area contributed by atoms with E-state index in [1.165, 1.54) is 0 Å². The fourth-order valence-corrected chi connectivity index (χ4v) is 2.06. The van der Waals surface area contributed by atoms with Gasteiger partial charge in [0.25, 0.3) is 5.79 Å². The number of aliphatic hydroxyl groups is 1. The Bertz CT molecular complexity index is 607. The Morgan fingerprint density at radius 1 is 1.00 bits per heavy atom. The lowest BCUT2D eigenvalue weighted by Gasteiger charge is -2.32. The summed E-state index contributed by atoms with van der Waals surface area (Å²) in [5.41, 5.74) is 1.96. The minimum Gasteiger partial charge on any atom is -0.450 e. The summed E-state index contributed by atoms with van der Waals surface area (Å²) in [5, 5.41) is 10.7. The predicted molar refractivity (Wildman–Crippen MR) is 70.2 cm³/mol. The van der Waals surface area contributed by atoms with Crippen LogP contribution in [0.4, 0.5) is 5.69 Å². The van der Waals surface area contributed by atoms with E-state index in [0.29, 0.717) is 17.0 Å². The van der Waals surface area contributed by atoms with Crippen molar-refractivity contribution in [2.24, 2.45) is 4.99 Å². The van der Waals surface area contributed by atoms with Crippen molar-refractivity contribution in [2.75, 3.05) is 0 Å². The molecule has 0 bridgehead atoms. The van der Waals surface area contributed by atoms with Crippen molar-refractivity contribution < 1.29 is 9.84 Å². The van der Waals surface area contributed by atoms with Gasteiger partial charge in [0.05, 0.1) is 5.71 Å². The molecule has 3 rings (SSSR count). The van der Waals surface area contributed by atoms with E-state index in [1.807, 2.05) is 48.5 Å². The van der Waals surface area contributed by atoms with Crippen molar-refractivity contribution in [3.05, 3.63) is 60.2 Å². The van der Waals surface area contributed by atoms with Gasteiger partial charge in [0.1, 0.15) is 11.4 Å². The largest absolute Gasteiger partial charge is 0.450 e. The number of benzene rings is 2. The zero-order chi connectivity index (χ0) is 12.6. The Labute approximate surface area is 105 Å². The first-order valence-corrected chi connectivity index (χ1v) is 5.82. The molecule has 0 amide bonds. The SMILES string of the molecule is CC1=Nc2ccccc2OC1(O)c1ccccc1. The second-order valence-electron chi connectivity index (χ2n) is 4.28. The maximum atomic E-state index is 10.7. The molecule has 1 aliphatic rings. The summed E-state index contributed by atoms with van der Waals surface area (Å²) in [6.07, 6.45) is 0. The third kappa shape index (κ3) is 1.60. The van der Waals surface area contributed by atoms with Crippen molar-refractivity contribution in [1.82, 2.24) is 0 Å². The summed E-state index contributed by atoms with van der Waals surface area (Å²) >= 11 is 0. The lowest BCUT2D eigenvalue weighted by atomic mass is 10.00. The van der Waals surface area contributed by atoms with Gasteiger partial charge in [-0.1, -0.05) is 42.5 Å². The van der Waals surface area contributed by atoms with Crippen LogP contribution in [0.15, 0.2) is 59.6 Å². The van der Waals surface area contributed by atoms with Gasteiger partial charge in [-0.25, -0.2) is 4.99 Å². The van der Waals surface area contributed by atoms with Crippen LogP contribution < -0.4 is 4.74 Å². The summed E-state index contributed by atoms with van der Waals surface area (Å²) in [7, 11) is 0. The lowest BCUT2D eigenvalue weighted by Crippen LogP contribution is -2.41. The molecule has 2 aromatic carbocycles. The molecule has 1 atom stereocenters. The molecule has 0 aromatic heterocycles. The summed E-state index contributed by atoms with van der Waals surface area (Å²) in [6, 6.07) is 16.7. The molecule has 0 aliphatic carbocycles. The molecule has 2 aromatic rings. The van der Waals surface area contributed by atoms with E-state index in [0.717, 1.165) is 5.69 Å². The van der Waals surface area contributed by atoms with Crippen LogP contribution in [0, 0.1) is 0 Å². The van der Waals surface area contributed by atoms with Gasteiger partial charge in [0.15, 0.2) is 0 Å². The lowest BCUT2D eigenvalue weighted by molar-refractivity contribution is -0.0841. The average Bonchev–Trinajstić information content (AvgIpc) is 2.41. The number of fused-ring (bicyclic) bond motifs is 1. The van der Waals surface area contributed by atoms with Gasteiger partial charge >= 0.3 is 0 Å². The molecule has 0 radical (unpaired) electrons. The Morgan fingerprint density at radius 3 is 2.44 bits per heavy atom. The van der Waals surface area contributed by atoms with Gasteiger partial charge in [-0.05, 0) is 19.1 Å². The molecular weight excluding hydrogens is 226 g/mol. The van der Waals surface area contributed by atoms with Crippen LogP contribution in [0.1, 0.15) is 12.5 Å². The molecule has 1 unspecified atom stereocenters. The van der Waals surface area contributed by atoms with Gasteiger partial charge in [-0.2, -0.15) is 0 Å². The van der Waals surface area contributed by atoms with Gasteiger partial charge in [-0.3, -0.25) is 0 Å². The Kier molecular flexibility index (Phi) is 2.42. The first kappa shape index (κ1) is 11.0. The molecule has 1 heterocycles. The molecule has 0 spiro atoms. The molecule has 1 aliphatic heterocycles. The van der Waals surface area contributed by atoms with Crippen LogP contribution in [0.3, 0.4) is 0 Å². The molecular formula is C15H13NO2. The van der Waals surface area contributed by atoms with Crippen molar-refractivity contribution >= 4 is 11.4 Å². The minimum atomic E-state index is -1.48.